The predicted molar refractivity (Wildman–Crippen MR) is 94.0 cm³/mol. The van der Waals surface area contributed by atoms with Gasteiger partial charge in [-0.25, -0.2) is 0 Å². The average molecular weight is 394 g/mol. The molecule has 0 bridgehead atoms. The Balaban J connectivity index is 2.36. The molecular formula is C16H25ClIN. The van der Waals surface area contributed by atoms with E-state index in [9.17, 15) is 0 Å². The van der Waals surface area contributed by atoms with E-state index in [4.69, 9.17) is 11.6 Å². The lowest BCUT2D eigenvalue weighted by molar-refractivity contribution is 0.447. The molecular weight excluding hydrogens is 369 g/mol. The van der Waals surface area contributed by atoms with E-state index in [1.54, 1.807) is 0 Å². The van der Waals surface area contributed by atoms with Gasteiger partial charge in [-0.1, -0.05) is 44.4 Å². The zero-order chi connectivity index (χ0) is 14.1. The molecule has 0 radical (unpaired) electrons. The van der Waals surface area contributed by atoms with Gasteiger partial charge in [0.15, 0.2) is 0 Å². The Kier molecular flexibility index (Phi) is 9.08. The van der Waals surface area contributed by atoms with Crippen molar-refractivity contribution in [3.63, 3.8) is 0 Å². The summed E-state index contributed by atoms with van der Waals surface area (Å²) in [6.07, 6.45) is 6.23. The first-order valence-electron chi connectivity index (χ1n) is 7.32. The number of halogens is 2. The summed E-state index contributed by atoms with van der Waals surface area (Å²) in [5.74, 6) is 0.770. The Labute approximate surface area is 136 Å². The highest BCUT2D eigenvalue weighted by Gasteiger charge is 2.08. The fourth-order valence-corrected chi connectivity index (χ4v) is 2.88. The number of hydrogen-bond donors (Lipinski definition) is 1. The van der Waals surface area contributed by atoms with Crippen molar-refractivity contribution in [3.8, 4) is 0 Å². The quantitative estimate of drug-likeness (QED) is 0.444. The number of benzene rings is 1. The minimum atomic E-state index is 0.770. The summed E-state index contributed by atoms with van der Waals surface area (Å²) in [6, 6.07) is 6.40. The van der Waals surface area contributed by atoms with Gasteiger partial charge in [-0.05, 0) is 78.6 Å². The summed E-state index contributed by atoms with van der Waals surface area (Å²) in [7, 11) is 0. The van der Waals surface area contributed by atoms with Crippen molar-refractivity contribution in [1.82, 2.24) is 5.32 Å². The highest BCUT2D eigenvalue weighted by molar-refractivity contribution is 14.1. The standard InChI is InChI=1S/C16H25ClIN/c1-3-5-9-19-10-8-13(4-2)11-14-6-7-15(17)16(18)12-14/h6-7,12-13,19H,3-5,8-11H2,1-2H3. The molecule has 1 nitrogen and oxygen atoms in total. The molecule has 1 aromatic carbocycles. The molecule has 108 valence electrons. The summed E-state index contributed by atoms with van der Waals surface area (Å²) in [6.45, 7) is 6.82. The molecule has 0 aliphatic carbocycles. The van der Waals surface area contributed by atoms with Crippen LogP contribution >= 0.6 is 34.2 Å². The highest BCUT2D eigenvalue weighted by Crippen LogP contribution is 2.22. The summed E-state index contributed by atoms with van der Waals surface area (Å²) < 4.78 is 1.16. The lowest BCUT2D eigenvalue weighted by Gasteiger charge is -2.15. The van der Waals surface area contributed by atoms with E-state index in [1.807, 2.05) is 6.07 Å². The van der Waals surface area contributed by atoms with Gasteiger partial charge >= 0.3 is 0 Å². The van der Waals surface area contributed by atoms with E-state index in [1.165, 1.54) is 37.7 Å². The van der Waals surface area contributed by atoms with E-state index in [-0.39, 0.29) is 0 Å². The third-order valence-corrected chi connectivity index (χ3v) is 5.06. The minimum Gasteiger partial charge on any atom is -0.317 e. The van der Waals surface area contributed by atoms with Gasteiger partial charge in [-0.3, -0.25) is 0 Å². The average Bonchev–Trinajstić information content (AvgIpc) is 2.41. The van der Waals surface area contributed by atoms with Crippen LogP contribution < -0.4 is 5.32 Å². The molecule has 1 N–H and O–H groups in total. The first-order chi connectivity index (χ1) is 9.17. The molecule has 0 heterocycles. The van der Waals surface area contributed by atoms with Crippen molar-refractivity contribution in [3.05, 3.63) is 32.4 Å². The normalized spacial score (nSPS) is 12.6. The summed E-state index contributed by atoms with van der Waals surface area (Å²) in [5, 5.41) is 4.39. The Morgan fingerprint density at radius 3 is 2.68 bits per heavy atom. The second-order valence-corrected chi connectivity index (χ2v) is 6.69. The van der Waals surface area contributed by atoms with Crippen LogP contribution in [0.3, 0.4) is 0 Å². The van der Waals surface area contributed by atoms with Crippen LogP contribution in [-0.4, -0.2) is 13.1 Å². The maximum atomic E-state index is 6.07. The number of rotatable bonds is 9. The van der Waals surface area contributed by atoms with Gasteiger partial charge < -0.3 is 5.32 Å². The molecule has 19 heavy (non-hydrogen) atoms. The summed E-state index contributed by atoms with van der Waals surface area (Å²) >= 11 is 8.37. The Morgan fingerprint density at radius 1 is 1.26 bits per heavy atom. The van der Waals surface area contributed by atoms with Gasteiger partial charge in [0.05, 0.1) is 5.02 Å². The van der Waals surface area contributed by atoms with Crippen molar-refractivity contribution in [2.75, 3.05) is 13.1 Å². The van der Waals surface area contributed by atoms with Crippen LogP contribution in [0.25, 0.3) is 0 Å². The number of nitrogens with one attached hydrogen (secondary N) is 1. The van der Waals surface area contributed by atoms with Crippen LogP contribution in [0.5, 0.6) is 0 Å². The van der Waals surface area contributed by atoms with E-state index < -0.39 is 0 Å². The lowest BCUT2D eigenvalue weighted by Crippen LogP contribution is -2.20. The van der Waals surface area contributed by atoms with Crippen LogP contribution in [-0.2, 0) is 6.42 Å². The molecule has 1 rings (SSSR count). The smallest absolute Gasteiger partial charge is 0.0539 e. The van der Waals surface area contributed by atoms with Gasteiger partial charge in [0, 0.05) is 3.57 Å². The zero-order valence-electron chi connectivity index (χ0n) is 12.0. The predicted octanol–water partition coefficient (Wildman–Crippen LogP) is 5.29. The Bertz CT molecular complexity index is 368. The third kappa shape index (κ3) is 6.96. The second-order valence-electron chi connectivity index (χ2n) is 5.12. The summed E-state index contributed by atoms with van der Waals surface area (Å²) in [5.41, 5.74) is 1.41. The fourth-order valence-electron chi connectivity index (χ4n) is 2.18. The van der Waals surface area contributed by atoms with Crippen LogP contribution in [0.4, 0.5) is 0 Å². The van der Waals surface area contributed by atoms with Crippen molar-refractivity contribution in [2.45, 2.75) is 46.0 Å². The van der Waals surface area contributed by atoms with Crippen molar-refractivity contribution in [1.29, 1.82) is 0 Å². The molecule has 0 saturated heterocycles. The summed E-state index contributed by atoms with van der Waals surface area (Å²) in [4.78, 5) is 0. The van der Waals surface area contributed by atoms with Crippen molar-refractivity contribution in [2.24, 2.45) is 5.92 Å². The zero-order valence-corrected chi connectivity index (χ0v) is 14.9. The first kappa shape index (κ1) is 17.3. The monoisotopic (exact) mass is 393 g/mol. The Morgan fingerprint density at radius 2 is 2.05 bits per heavy atom. The molecule has 0 aromatic heterocycles. The van der Waals surface area contributed by atoms with E-state index in [0.29, 0.717) is 0 Å². The number of hydrogen-bond acceptors (Lipinski definition) is 1. The Hall–Kier alpha value is 0.200. The van der Waals surface area contributed by atoms with Gasteiger partial charge in [0.2, 0.25) is 0 Å². The van der Waals surface area contributed by atoms with Crippen LogP contribution in [0.15, 0.2) is 18.2 Å². The maximum absolute atomic E-state index is 6.07. The minimum absolute atomic E-state index is 0.770. The van der Waals surface area contributed by atoms with Gasteiger partial charge in [-0.2, -0.15) is 0 Å². The van der Waals surface area contributed by atoms with Crippen LogP contribution in [0.1, 0.15) is 45.1 Å². The van der Waals surface area contributed by atoms with Crippen LogP contribution in [0.2, 0.25) is 5.02 Å². The molecule has 1 aromatic rings. The molecule has 3 heteroatoms. The molecule has 0 amide bonds. The molecule has 0 aliphatic rings. The first-order valence-corrected chi connectivity index (χ1v) is 8.77. The van der Waals surface area contributed by atoms with E-state index in [2.05, 4.69) is 53.9 Å². The molecule has 0 spiro atoms. The molecule has 0 aliphatic heterocycles. The van der Waals surface area contributed by atoms with Gasteiger partial charge in [0.1, 0.15) is 0 Å². The van der Waals surface area contributed by atoms with Gasteiger partial charge in [0.25, 0.3) is 0 Å². The maximum Gasteiger partial charge on any atom is 0.0539 e. The molecule has 1 atom stereocenters. The topological polar surface area (TPSA) is 12.0 Å². The highest BCUT2D eigenvalue weighted by atomic mass is 127. The van der Waals surface area contributed by atoms with Crippen molar-refractivity contribution >= 4 is 34.2 Å². The lowest BCUT2D eigenvalue weighted by atomic mass is 9.94. The van der Waals surface area contributed by atoms with Crippen molar-refractivity contribution < 1.29 is 0 Å². The third-order valence-electron chi connectivity index (χ3n) is 3.52. The van der Waals surface area contributed by atoms with E-state index in [0.717, 1.165) is 27.6 Å². The van der Waals surface area contributed by atoms with Gasteiger partial charge in [-0.15, -0.1) is 0 Å². The molecule has 0 saturated carbocycles. The SMILES string of the molecule is CCCCNCCC(CC)Cc1ccc(Cl)c(I)c1. The van der Waals surface area contributed by atoms with Crippen LogP contribution in [0, 0.1) is 9.49 Å². The molecule has 0 fully saturated rings. The van der Waals surface area contributed by atoms with E-state index >= 15 is 0 Å². The number of unbranched alkanes of at least 4 members (excludes halogenated alkanes) is 1. The largest absolute Gasteiger partial charge is 0.317 e. The molecule has 1 unspecified atom stereocenters. The fraction of sp³-hybridized carbons (Fsp3) is 0.625. The second kappa shape index (κ2) is 10.0.